The lowest BCUT2D eigenvalue weighted by atomic mass is 9.46. The van der Waals surface area contributed by atoms with Gasteiger partial charge in [0.25, 0.3) is 0 Å². The Kier molecular flexibility index (Phi) is 5.07. The van der Waals surface area contributed by atoms with E-state index in [2.05, 4.69) is 27.7 Å². The molecule has 0 radical (unpaired) electrons. The van der Waals surface area contributed by atoms with Crippen molar-refractivity contribution < 1.29 is 14.3 Å². The highest BCUT2D eigenvalue weighted by molar-refractivity contribution is 5.80. The van der Waals surface area contributed by atoms with Gasteiger partial charge in [0.05, 0.1) is 13.5 Å². The van der Waals surface area contributed by atoms with Crippen LogP contribution in [0, 0.1) is 40.4 Å². The minimum atomic E-state index is -0.290. The molecule has 4 bridgehead atoms. The van der Waals surface area contributed by atoms with Gasteiger partial charge in [-0.15, -0.1) is 0 Å². The Morgan fingerprint density at radius 1 is 1.12 bits per heavy atom. The molecule has 3 nitrogen and oxygen atoms in total. The maximum absolute atomic E-state index is 13.0. The van der Waals surface area contributed by atoms with Crippen LogP contribution >= 0.6 is 0 Å². The zero-order valence-corrected chi connectivity index (χ0v) is 16.8. The van der Waals surface area contributed by atoms with Crippen molar-refractivity contribution in [2.24, 2.45) is 40.4 Å². The van der Waals surface area contributed by atoms with Crippen molar-refractivity contribution in [3.8, 4) is 0 Å². The Hall–Kier alpha value is -0.860. The number of ketones is 1. The lowest BCUT2D eigenvalue weighted by molar-refractivity contribution is -0.145. The fourth-order valence-corrected chi connectivity index (χ4v) is 6.53. The normalized spacial score (nSPS) is 38.6. The molecule has 0 aromatic rings. The highest BCUT2D eigenvalue weighted by Crippen LogP contribution is 2.62. The number of Topliss-reactive ketones (excluding diaryl/α,β-unsaturated/α-hetero) is 1. The van der Waals surface area contributed by atoms with E-state index in [1.807, 2.05) is 0 Å². The van der Waals surface area contributed by atoms with Crippen LogP contribution in [0.5, 0.6) is 0 Å². The predicted octanol–water partition coefficient (Wildman–Crippen LogP) is 5.02. The van der Waals surface area contributed by atoms with Gasteiger partial charge in [0.15, 0.2) is 0 Å². The molecular formula is C22H36O3. The standard InChI is InChI=1S/C22H36O3/c1-14(2)22(4,13-20(24)25-5)12-18(23)8-19-16-6-15-7-17(19)11-21(3,9-15)10-16/h14-17,19H,6-13H2,1-5H3. The van der Waals surface area contributed by atoms with E-state index in [-0.39, 0.29) is 17.3 Å². The van der Waals surface area contributed by atoms with E-state index in [1.165, 1.54) is 39.2 Å². The van der Waals surface area contributed by atoms with E-state index in [4.69, 9.17) is 4.74 Å². The van der Waals surface area contributed by atoms with Gasteiger partial charge in [0, 0.05) is 12.8 Å². The quantitative estimate of drug-likeness (QED) is 0.607. The molecule has 0 heterocycles. The van der Waals surface area contributed by atoms with Crippen LogP contribution in [0.1, 0.15) is 79.1 Å². The molecule has 4 fully saturated rings. The van der Waals surface area contributed by atoms with E-state index in [0.717, 1.165) is 24.2 Å². The molecule has 0 N–H and O–H groups in total. The number of rotatable bonds is 7. The van der Waals surface area contributed by atoms with Crippen LogP contribution in [0.3, 0.4) is 0 Å². The van der Waals surface area contributed by atoms with Crippen LogP contribution in [0.4, 0.5) is 0 Å². The van der Waals surface area contributed by atoms with Crippen molar-refractivity contribution >= 4 is 11.8 Å². The van der Waals surface area contributed by atoms with E-state index in [9.17, 15) is 9.59 Å². The van der Waals surface area contributed by atoms with Crippen LogP contribution in [0.25, 0.3) is 0 Å². The second-order valence-electron chi connectivity index (χ2n) is 10.4. The molecule has 0 aliphatic heterocycles. The summed E-state index contributed by atoms with van der Waals surface area (Å²) in [6.45, 7) is 8.77. The van der Waals surface area contributed by atoms with Gasteiger partial charge in [0.1, 0.15) is 5.78 Å². The molecule has 0 saturated heterocycles. The number of esters is 1. The van der Waals surface area contributed by atoms with Crippen molar-refractivity contribution in [1.29, 1.82) is 0 Å². The molecule has 4 rings (SSSR count). The molecule has 0 aromatic heterocycles. The molecule has 142 valence electrons. The number of hydrogen-bond acceptors (Lipinski definition) is 3. The van der Waals surface area contributed by atoms with Gasteiger partial charge in [0.2, 0.25) is 0 Å². The number of methoxy groups -OCH3 is 1. The minimum Gasteiger partial charge on any atom is -0.469 e. The maximum Gasteiger partial charge on any atom is 0.306 e. The summed E-state index contributed by atoms with van der Waals surface area (Å²) in [6, 6.07) is 0. The summed E-state index contributed by atoms with van der Waals surface area (Å²) in [7, 11) is 1.43. The second kappa shape index (κ2) is 6.70. The molecule has 0 spiro atoms. The molecule has 0 amide bonds. The van der Waals surface area contributed by atoms with Gasteiger partial charge < -0.3 is 4.74 Å². The molecule has 4 saturated carbocycles. The van der Waals surface area contributed by atoms with Gasteiger partial charge in [-0.1, -0.05) is 27.7 Å². The summed E-state index contributed by atoms with van der Waals surface area (Å²) in [6.07, 6.45) is 8.39. The number of carbonyl (C=O) groups is 2. The van der Waals surface area contributed by atoms with Gasteiger partial charge in [-0.3, -0.25) is 9.59 Å². The zero-order chi connectivity index (χ0) is 18.4. The molecular weight excluding hydrogens is 312 g/mol. The third-order valence-electron chi connectivity index (χ3n) is 8.01. The average molecular weight is 349 g/mol. The Morgan fingerprint density at radius 2 is 1.72 bits per heavy atom. The average Bonchev–Trinajstić information content (AvgIpc) is 2.48. The first-order valence-corrected chi connectivity index (χ1v) is 10.2. The van der Waals surface area contributed by atoms with Crippen molar-refractivity contribution in [3.05, 3.63) is 0 Å². The molecule has 3 heteroatoms. The van der Waals surface area contributed by atoms with E-state index in [1.54, 1.807) is 0 Å². The topological polar surface area (TPSA) is 43.4 Å². The maximum atomic E-state index is 13.0. The second-order valence-corrected chi connectivity index (χ2v) is 10.4. The Labute approximate surface area is 153 Å². The molecule has 0 aromatic carbocycles. The first kappa shape index (κ1) is 18.9. The molecule has 25 heavy (non-hydrogen) atoms. The number of carbonyl (C=O) groups excluding carboxylic acids is 2. The fraction of sp³-hybridized carbons (Fsp3) is 0.909. The third-order valence-corrected chi connectivity index (χ3v) is 8.01. The molecule has 4 aliphatic rings. The van der Waals surface area contributed by atoms with E-state index >= 15 is 0 Å². The number of hydrogen-bond donors (Lipinski definition) is 0. The van der Waals surface area contributed by atoms with E-state index in [0.29, 0.717) is 30.0 Å². The van der Waals surface area contributed by atoms with Crippen LogP contribution in [0.2, 0.25) is 0 Å². The minimum absolute atomic E-state index is 0.202. The van der Waals surface area contributed by atoms with E-state index < -0.39 is 0 Å². The monoisotopic (exact) mass is 348 g/mol. The van der Waals surface area contributed by atoms with Gasteiger partial charge in [-0.2, -0.15) is 0 Å². The first-order valence-electron chi connectivity index (χ1n) is 10.2. The van der Waals surface area contributed by atoms with Crippen LogP contribution in [-0.2, 0) is 14.3 Å². The Balaban J connectivity index is 1.63. The van der Waals surface area contributed by atoms with Crippen molar-refractivity contribution in [2.75, 3.05) is 7.11 Å². The zero-order valence-electron chi connectivity index (χ0n) is 16.8. The lowest BCUT2D eigenvalue weighted by Gasteiger charge is -2.59. The number of ether oxygens (including phenoxy) is 1. The highest BCUT2D eigenvalue weighted by Gasteiger charge is 2.53. The smallest absolute Gasteiger partial charge is 0.306 e. The lowest BCUT2D eigenvalue weighted by Crippen LogP contribution is -2.50. The molecule has 3 atom stereocenters. The van der Waals surface area contributed by atoms with Crippen LogP contribution in [0.15, 0.2) is 0 Å². The fourth-order valence-electron chi connectivity index (χ4n) is 6.53. The van der Waals surface area contributed by atoms with Crippen molar-refractivity contribution in [3.63, 3.8) is 0 Å². The third kappa shape index (κ3) is 3.80. The Bertz CT molecular complexity index is 521. The van der Waals surface area contributed by atoms with Crippen molar-refractivity contribution in [1.82, 2.24) is 0 Å². The largest absolute Gasteiger partial charge is 0.469 e. The SMILES string of the molecule is COC(=O)CC(C)(CC(=O)CC1C2CC3CC1CC(C)(C3)C2)C(C)C. The summed E-state index contributed by atoms with van der Waals surface area (Å²) < 4.78 is 4.87. The van der Waals surface area contributed by atoms with Gasteiger partial charge in [-0.05, 0) is 72.5 Å². The Morgan fingerprint density at radius 3 is 2.20 bits per heavy atom. The van der Waals surface area contributed by atoms with Crippen LogP contribution < -0.4 is 0 Å². The summed E-state index contributed by atoms with van der Waals surface area (Å²) in [5.41, 5.74) is 0.273. The molecule has 3 unspecified atom stereocenters. The van der Waals surface area contributed by atoms with Crippen molar-refractivity contribution in [2.45, 2.75) is 79.1 Å². The summed E-state index contributed by atoms with van der Waals surface area (Å²) in [4.78, 5) is 24.8. The predicted molar refractivity (Wildman–Crippen MR) is 99.0 cm³/mol. The van der Waals surface area contributed by atoms with Crippen LogP contribution in [-0.4, -0.2) is 18.9 Å². The first-order chi connectivity index (χ1) is 11.6. The summed E-state index contributed by atoms with van der Waals surface area (Å²) in [5.74, 6) is 3.51. The summed E-state index contributed by atoms with van der Waals surface area (Å²) in [5, 5.41) is 0. The molecule has 4 aliphatic carbocycles. The summed E-state index contributed by atoms with van der Waals surface area (Å²) >= 11 is 0. The highest BCUT2D eigenvalue weighted by atomic mass is 16.5. The van der Waals surface area contributed by atoms with Gasteiger partial charge in [-0.25, -0.2) is 0 Å². The van der Waals surface area contributed by atoms with Gasteiger partial charge >= 0.3 is 5.97 Å².